The second kappa shape index (κ2) is 8.49. The summed E-state index contributed by atoms with van der Waals surface area (Å²) in [7, 11) is 0. The number of carbonyl (C=O) groups excluding carboxylic acids is 2. The first kappa shape index (κ1) is 19.2. The smallest absolute Gasteiger partial charge is 0.255 e. The maximum atomic E-state index is 13.0. The van der Waals surface area contributed by atoms with Crippen LogP contribution in [0.2, 0.25) is 0 Å². The molecule has 4 rings (SSSR count). The van der Waals surface area contributed by atoms with E-state index in [2.05, 4.69) is 5.32 Å². The van der Waals surface area contributed by atoms with Gasteiger partial charge in [-0.1, -0.05) is 24.3 Å². The molecular weight excluding hydrogens is 384 g/mol. The van der Waals surface area contributed by atoms with Crippen molar-refractivity contribution in [3.8, 4) is 5.75 Å². The molecule has 0 fully saturated rings. The van der Waals surface area contributed by atoms with Crippen LogP contribution in [0.4, 0.5) is 5.69 Å². The van der Waals surface area contributed by atoms with E-state index < -0.39 is 0 Å². The largest absolute Gasteiger partial charge is 0.494 e. The van der Waals surface area contributed by atoms with Crippen molar-refractivity contribution in [1.29, 1.82) is 0 Å². The lowest BCUT2D eigenvalue weighted by molar-refractivity contribution is -0.117. The number of thiophene rings is 1. The van der Waals surface area contributed by atoms with Crippen LogP contribution in [0.25, 0.3) is 0 Å². The zero-order valence-electron chi connectivity index (χ0n) is 16.1. The Labute approximate surface area is 173 Å². The summed E-state index contributed by atoms with van der Waals surface area (Å²) in [5.41, 5.74) is 2.44. The molecule has 0 unspecified atom stereocenters. The molecular formula is C23H22N2O3S. The molecule has 1 atom stereocenters. The van der Waals surface area contributed by atoms with Gasteiger partial charge in [0.15, 0.2) is 0 Å². The number of nitrogens with zero attached hydrogens (tertiary/aromatic N) is 1. The van der Waals surface area contributed by atoms with Crippen LogP contribution in [0.1, 0.15) is 40.2 Å². The van der Waals surface area contributed by atoms with Gasteiger partial charge in [-0.25, -0.2) is 0 Å². The fraction of sp³-hybridized carbons (Fsp3) is 0.217. The second-order valence-corrected chi connectivity index (χ2v) is 7.81. The monoisotopic (exact) mass is 406 g/mol. The van der Waals surface area contributed by atoms with Crippen molar-refractivity contribution in [2.45, 2.75) is 25.9 Å². The van der Waals surface area contributed by atoms with Crippen molar-refractivity contribution in [2.24, 2.45) is 0 Å². The van der Waals surface area contributed by atoms with Gasteiger partial charge in [0.05, 0.1) is 19.1 Å². The Bertz CT molecular complexity index is 999. The minimum atomic E-state index is -0.294. The lowest BCUT2D eigenvalue weighted by Crippen LogP contribution is -2.31. The van der Waals surface area contributed by atoms with Crippen LogP contribution in [-0.2, 0) is 11.3 Å². The van der Waals surface area contributed by atoms with Gasteiger partial charge in [-0.3, -0.25) is 9.59 Å². The lowest BCUT2D eigenvalue weighted by Gasteiger charge is -2.26. The molecule has 0 aliphatic carbocycles. The number of hydrogen-bond acceptors (Lipinski definition) is 4. The van der Waals surface area contributed by atoms with Crippen LogP contribution >= 0.6 is 11.3 Å². The average molecular weight is 407 g/mol. The van der Waals surface area contributed by atoms with Crippen LogP contribution in [0.15, 0.2) is 66.0 Å². The Balaban J connectivity index is 1.50. The predicted molar refractivity (Wildman–Crippen MR) is 114 cm³/mol. The number of amides is 2. The minimum Gasteiger partial charge on any atom is -0.494 e. The molecule has 1 aliphatic rings. The third-order valence-electron chi connectivity index (χ3n) is 4.92. The van der Waals surface area contributed by atoms with E-state index in [4.69, 9.17) is 4.74 Å². The summed E-state index contributed by atoms with van der Waals surface area (Å²) in [5, 5.41) is 4.91. The standard InChI is InChI=1S/C23H22N2O3S/c1-2-28-18-11-9-17(10-12-18)24-22(26)14-20(21-8-5-13-29-21)25-15-16-6-3-4-7-19(16)23(25)27/h3-13,20H,2,14-15H2,1H3,(H,24,26)/t20-/m1/s1. The normalized spacial score (nSPS) is 13.8. The summed E-state index contributed by atoms with van der Waals surface area (Å²) in [4.78, 5) is 28.6. The summed E-state index contributed by atoms with van der Waals surface area (Å²) in [6, 6.07) is 18.6. The molecule has 6 heteroatoms. The van der Waals surface area contributed by atoms with Crippen molar-refractivity contribution in [3.63, 3.8) is 0 Å². The van der Waals surface area contributed by atoms with Gasteiger partial charge in [-0.05, 0) is 54.3 Å². The zero-order chi connectivity index (χ0) is 20.2. The highest BCUT2D eigenvalue weighted by Crippen LogP contribution is 2.35. The Hall–Kier alpha value is -3.12. The van der Waals surface area contributed by atoms with E-state index in [1.165, 1.54) is 0 Å². The van der Waals surface area contributed by atoms with E-state index in [0.717, 1.165) is 21.8 Å². The first-order valence-electron chi connectivity index (χ1n) is 9.60. The topological polar surface area (TPSA) is 58.6 Å². The molecule has 2 amide bonds. The molecule has 1 aliphatic heterocycles. The maximum absolute atomic E-state index is 13.0. The average Bonchev–Trinajstić information content (AvgIpc) is 3.37. The summed E-state index contributed by atoms with van der Waals surface area (Å²) >= 11 is 1.56. The summed E-state index contributed by atoms with van der Waals surface area (Å²) < 4.78 is 5.43. The molecule has 2 aromatic carbocycles. The van der Waals surface area contributed by atoms with Crippen molar-refractivity contribution in [1.82, 2.24) is 4.90 Å². The molecule has 0 saturated carbocycles. The summed E-state index contributed by atoms with van der Waals surface area (Å²) in [5.74, 6) is 0.617. The van der Waals surface area contributed by atoms with Crippen molar-refractivity contribution in [3.05, 3.63) is 82.0 Å². The zero-order valence-corrected chi connectivity index (χ0v) is 16.9. The van der Waals surface area contributed by atoms with E-state index >= 15 is 0 Å². The van der Waals surface area contributed by atoms with Crippen LogP contribution in [0.5, 0.6) is 5.75 Å². The summed E-state index contributed by atoms with van der Waals surface area (Å²) in [6.07, 6.45) is 0.202. The maximum Gasteiger partial charge on any atom is 0.255 e. The Morgan fingerprint density at radius 2 is 1.93 bits per heavy atom. The van der Waals surface area contributed by atoms with E-state index in [1.54, 1.807) is 16.2 Å². The van der Waals surface area contributed by atoms with E-state index in [1.807, 2.05) is 73.0 Å². The van der Waals surface area contributed by atoms with Gasteiger partial charge in [0.25, 0.3) is 5.91 Å². The van der Waals surface area contributed by atoms with Gasteiger partial charge in [-0.15, -0.1) is 11.3 Å². The van der Waals surface area contributed by atoms with E-state index in [-0.39, 0.29) is 24.3 Å². The van der Waals surface area contributed by atoms with E-state index in [0.29, 0.717) is 18.8 Å². The van der Waals surface area contributed by atoms with Gasteiger partial charge in [0, 0.05) is 22.7 Å². The predicted octanol–water partition coefficient (Wildman–Crippen LogP) is 4.87. The first-order chi connectivity index (χ1) is 14.2. The fourth-order valence-electron chi connectivity index (χ4n) is 3.56. The lowest BCUT2D eigenvalue weighted by atomic mass is 10.1. The third kappa shape index (κ3) is 4.17. The fourth-order valence-corrected chi connectivity index (χ4v) is 4.40. The van der Waals surface area contributed by atoms with Gasteiger partial charge < -0.3 is 15.0 Å². The highest BCUT2D eigenvalue weighted by atomic mass is 32.1. The van der Waals surface area contributed by atoms with Gasteiger partial charge >= 0.3 is 0 Å². The van der Waals surface area contributed by atoms with Crippen molar-refractivity contribution in [2.75, 3.05) is 11.9 Å². The Morgan fingerprint density at radius 3 is 2.62 bits per heavy atom. The number of benzene rings is 2. The molecule has 0 radical (unpaired) electrons. The van der Waals surface area contributed by atoms with Gasteiger partial charge in [0.1, 0.15) is 5.75 Å². The highest BCUT2D eigenvalue weighted by molar-refractivity contribution is 7.10. The van der Waals surface area contributed by atoms with Crippen LogP contribution < -0.4 is 10.1 Å². The summed E-state index contributed by atoms with van der Waals surface area (Å²) in [6.45, 7) is 3.05. The molecule has 1 N–H and O–H groups in total. The number of hydrogen-bond donors (Lipinski definition) is 1. The number of rotatable bonds is 7. The number of nitrogens with one attached hydrogen (secondary N) is 1. The molecule has 148 valence electrons. The molecule has 0 saturated heterocycles. The van der Waals surface area contributed by atoms with Crippen LogP contribution in [0, 0.1) is 0 Å². The van der Waals surface area contributed by atoms with E-state index in [9.17, 15) is 9.59 Å². The van der Waals surface area contributed by atoms with Crippen molar-refractivity contribution >= 4 is 28.8 Å². The molecule has 3 aromatic rings. The van der Waals surface area contributed by atoms with Crippen LogP contribution in [0.3, 0.4) is 0 Å². The first-order valence-corrected chi connectivity index (χ1v) is 10.5. The molecule has 2 heterocycles. The molecule has 5 nitrogen and oxygen atoms in total. The molecule has 0 bridgehead atoms. The second-order valence-electron chi connectivity index (χ2n) is 6.83. The minimum absolute atomic E-state index is 0.0205. The highest BCUT2D eigenvalue weighted by Gasteiger charge is 2.34. The number of fused-ring (bicyclic) bond motifs is 1. The van der Waals surface area contributed by atoms with Crippen LogP contribution in [-0.4, -0.2) is 23.3 Å². The van der Waals surface area contributed by atoms with Gasteiger partial charge in [-0.2, -0.15) is 0 Å². The number of anilines is 1. The van der Waals surface area contributed by atoms with Crippen molar-refractivity contribution < 1.29 is 14.3 Å². The van der Waals surface area contributed by atoms with Gasteiger partial charge in [0.2, 0.25) is 5.91 Å². The third-order valence-corrected chi connectivity index (χ3v) is 5.90. The number of ether oxygens (including phenoxy) is 1. The molecule has 1 aromatic heterocycles. The quantitative estimate of drug-likeness (QED) is 0.609. The molecule has 29 heavy (non-hydrogen) atoms. The SMILES string of the molecule is CCOc1ccc(NC(=O)C[C@H](c2cccs2)N2Cc3ccccc3C2=O)cc1. The molecule has 0 spiro atoms. The number of carbonyl (C=O) groups is 2. The Morgan fingerprint density at radius 1 is 1.14 bits per heavy atom. The Kier molecular flexibility index (Phi) is 5.62.